The molecule has 0 amide bonds. The highest BCUT2D eigenvalue weighted by atomic mass is 35.5. The van der Waals surface area contributed by atoms with Crippen molar-refractivity contribution in [1.82, 2.24) is 9.80 Å². The molecule has 6 heteroatoms. The van der Waals surface area contributed by atoms with Crippen molar-refractivity contribution < 1.29 is 9.53 Å². The van der Waals surface area contributed by atoms with Gasteiger partial charge < -0.3 is 9.64 Å². The Morgan fingerprint density at radius 3 is 1.97 bits per heavy atom. The minimum atomic E-state index is -0.229. The molecule has 0 N–H and O–H groups in total. The summed E-state index contributed by atoms with van der Waals surface area (Å²) in [6, 6.07) is 20.8. The molecule has 1 heterocycles. The van der Waals surface area contributed by atoms with Crippen LogP contribution in [0.25, 0.3) is 0 Å². The van der Waals surface area contributed by atoms with Crippen molar-refractivity contribution in [2.75, 3.05) is 46.4 Å². The summed E-state index contributed by atoms with van der Waals surface area (Å²) >= 11 is 0. The van der Waals surface area contributed by atoms with Gasteiger partial charge in [-0.3, -0.25) is 9.69 Å². The number of nitrogens with zero attached hydrogens (tertiary/aromatic N) is 2. The molecule has 1 saturated carbocycles. The van der Waals surface area contributed by atoms with E-state index in [2.05, 4.69) is 41.1 Å². The molecule has 4 nitrogen and oxygen atoms in total. The van der Waals surface area contributed by atoms with E-state index in [0.29, 0.717) is 6.61 Å². The SMILES string of the molecule is CN1CCN(CCOC(=O)C2CC2(c2ccccc2)c2ccccc2)CC1.Cl.Cl. The number of benzene rings is 2. The summed E-state index contributed by atoms with van der Waals surface area (Å²) in [5, 5.41) is 0. The van der Waals surface area contributed by atoms with Crippen LogP contribution in [0.5, 0.6) is 0 Å². The fourth-order valence-corrected chi connectivity index (χ4v) is 4.27. The number of ether oxygens (including phenoxy) is 1. The minimum absolute atomic E-state index is 0. The van der Waals surface area contributed by atoms with Crippen LogP contribution in [0.15, 0.2) is 60.7 Å². The first-order valence-electron chi connectivity index (χ1n) is 9.89. The van der Waals surface area contributed by atoms with Crippen LogP contribution in [0.2, 0.25) is 0 Å². The van der Waals surface area contributed by atoms with Crippen LogP contribution in [0.4, 0.5) is 0 Å². The molecule has 158 valence electrons. The van der Waals surface area contributed by atoms with Crippen LogP contribution in [0, 0.1) is 5.92 Å². The van der Waals surface area contributed by atoms with Gasteiger partial charge in [-0.15, -0.1) is 24.8 Å². The van der Waals surface area contributed by atoms with Gasteiger partial charge in [0.1, 0.15) is 6.61 Å². The van der Waals surface area contributed by atoms with Crippen LogP contribution in [-0.2, 0) is 14.9 Å². The predicted octanol–water partition coefficient (Wildman–Crippen LogP) is 3.63. The second-order valence-corrected chi connectivity index (χ2v) is 7.77. The number of carbonyl (C=O) groups excluding carboxylic acids is 1. The number of esters is 1. The highest BCUT2D eigenvalue weighted by molar-refractivity contribution is 5.85. The lowest BCUT2D eigenvalue weighted by atomic mass is 9.86. The number of hydrogen-bond donors (Lipinski definition) is 0. The molecule has 1 saturated heterocycles. The van der Waals surface area contributed by atoms with Crippen molar-refractivity contribution >= 4 is 30.8 Å². The van der Waals surface area contributed by atoms with Crippen LogP contribution in [0.1, 0.15) is 17.5 Å². The van der Waals surface area contributed by atoms with Gasteiger partial charge >= 0.3 is 5.97 Å². The molecule has 0 radical (unpaired) electrons. The molecule has 4 rings (SSSR count). The Labute approximate surface area is 186 Å². The Kier molecular flexibility index (Phi) is 8.53. The van der Waals surface area contributed by atoms with E-state index in [1.165, 1.54) is 11.1 Å². The summed E-state index contributed by atoms with van der Waals surface area (Å²) in [7, 11) is 2.15. The van der Waals surface area contributed by atoms with E-state index in [-0.39, 0.29) is 42.1 Å². The second-order valence-electron chi connectivity index (χ2n) is 7.77. The Morgan fingerprint density at radius 1 is 0.931 bits per heavy atom. The van der Waals surface area contributed by atoms with Gasteiger partial charge in [-0.2, -0.15) is 0 Å². The summed E-state index contributed by atoms with van der Waals surface area (Å²) in [6.07, 6.45) is 0.828. The zero-order chi connectivity index (χ0) is 18.7. The average molecular weight is 437 g/mol. The van der Waals surface area contributed by atoms with Crippen molar-refractivity contribution in [1.29, 1.82) is 0 Å². The summed E-state index contributed by atoms with van der Waals surface area (Å²) in [5.41, 5.74) is 2.18. The second kappa shape index (κ2) is 10.4. The summed E-state index contributed by atoms with van der Waals surface area (Å²) < 4.78 is 5.70. The Balaban J connectivity index is 0.00000150. The standard InChI is InChI=1S/C23H28N2O2.2ClH/c1-24-12-14-25(15-13-24)16-17-27-22(26)21-18-23(21,19-8-4-2-5-9-19)20-10-6-3-7-11-20;;/h2-11,21H,12-18H2,1H3;2*1H. The fourth-order valence-electron chi connectivity index (χ4n) is 4.27. The maximum atomic E-state index is 12.8. The maximum absolute atomic E-state index is 12.8. The molecule has 2 aromatic rings. The molecular weight excluding hydrogens is 407 g/mol. The molecule has 2 aliphatic rings. The molecule has 1 unspecified atom stereocenters. The van der Waals surface area contributed by atoms with Gasteiger partial charge in [-0.25, -0.2) is 0 Å². The van der Waals surface area contributed by atoms with Gasteiger partial charge in [0.15, 0.2) is 0 Å². The third-order valence-electron chi connectivity index (χ3n) is 6.07. The lowest BCUT2D eigenvalue weighted by Gasteiger charge is -2.32. The number of piperazine rings is 1. The number of rotatable bonds is 6. The van der Waals surface area contributed by atoms with E-state index in [0.717, 1.165) is 39.1 Å². The molecule has 2 aromatic carbocycles. The molecule has 0 aromatic heterocycles. The average Bonchev–Trinajstić information content (AvgIpc) is 3.48. The molecule has 0 spiro atoms. The van der Waals surface area contributed by atoms with Crippen LogP contribution in [0.3, 0.4) is 0 Å². The number of hydrogen-bond acceptors (Lipinski definition) is 4. The zero-order valence-electron chi connectivity index (χ0n) is 16.8. The van der Waals surface area contributed by atoms with Crippen molar-refractivity contribution in [3.63, 3.8) is 0 Å². The number of carbonyl (C=O) groups is 1. The van der Waals surface area contributed by atoms with E-state index in [4.69, 9.17) is 4.74 Å². The molecule has 0 bridgehead atoms. The highest BCUT2D eigenvalue weighted by Gasteiger charge is 2.61. The summed E-state index contributed by atoms with van der Waals surface area (Å²) in [4.78, 5) is 17.5. The largest absolute Gasteiger partial charge is 0.464 e. The Bertz CT molecular complexity index is 725. The monoisotopic (exact) mass is 436 g/mol. The van der Waals surface area contributed by atoms with E-state index in [9.17, 15) is 4.79 Å². The zero-order valence-corrected chi connectivity index (χ0v) is 18.5. The van der Waals surface area contributed by atoms with E-state index in [1.54, 1.807) is 0 Å². The molecule has 2 fully saturated rings. The summed E-state index contributed by atoms with van der Waals surface area (Å²) in [6.45, 7) is 5.59. The predicted molar refractivity (Wildman–Crippen MR) is 121 cm³/mol. The first kappa shape index (κ1) is 23.7. The van der Waals surface area contributed by atoms with Crippen LogP contribution >= 0.6 is 24.8 Å². The highest BCUT2D eigenvalue weighted by Crippen LogP contribution is 2.59. The van der Waals surface area contributed by atoms with Gasteiger partial charge in [0.05, 0.1) is 5.92 Å². The number of likely N-dealkylation sites (N-methyl/N-ethyl adjacent to an activating group) is 1. The molecule has 1 aliphatic carbocycles. The third-order valence-corrected chi connectivity index (χ3v) is 6.07. The van der Waals surface area contributed by atoms with Crippen LogP contribution < -0.4 is 0 Å². The molecular formula is C23H30Cl2N2O2. The van der Waals surface area contributed by atoms with Crippen molar-refractivity contribution in [2.45, 2.75) is 11.8 Å². The van der Waals surface area contributed by atoms with Crippen LogP contribution in [-0.4, -0.2) is 62.1 Å². The minimum Gasteiger partial charge on any atom is -0.464 e. The Morgan fingerprint density at radius 2 is 1.45 bits per heavy atom. The van der Waals surface area contributed by atoms with Crippen molar-refractivity contribution in [3.8, 4) is 0 Å². The van der Waals surface area contributed by atoms with E-state index in [1.807, 2.05) is 36.4 Å². The lowest BCUT2D eigenvalue weighted by molar-refractivity contribution is -0.146. The maximum Gasteiger partial charge on any atom is 0.310 e. The third kappa shape index (κ3) is 5.13. The van der Waals surface area contributed by atoms with E-state index >= 15 is 0 Å². The van der Waals surface area contributed by atoms with Gasteiger partial charge in [-0.1, -0.05) is 60.7 Å². The lowest BCUT2D eigenvalue weighted by Crippen LogP contribution is -2.45. The van der Waals surface area contributed by atoms with Crippen molar-refractivity contribution in [2.24, 2.45) is 5.92 Å². The first-order chi connectivity index (χ1) is 13.2. The number of halogens is 2. The van der Waals surface area contributed by atoms with Gasteiger partial charge in [0.2, 0.25) is 0 Å². The Hall–Kier alpha value is -1.59. The van der Waals surface area contributed by atoms with Crippen molar-refractivity contribution in [3.05, 3.63) is 71.8 Å². The normalized spacial score (nSPS) is 20.8. The quantitative estimate of drug-likeness (QED) is 0.647. The molecule has 1 atom stereocenters. The fraction of sp³-hybridized carbons (Fsp3) is 0.435. The van der Waals surface area contributed by atoms with Gasteiger partial charge in [0.25, 0.3) is 0 Å². The molecule has 1 aliphatic heterocycles. The van der Waals surface area contributed by atoms with Gasteiger partial charge in [0, 0.05) is 38.1 Å². The smallest absolute Gasteiger partial charge is 0.310 e. The topological polar surface area (TPSA) is 32.8 Å². The first-order valence-corrected chi connectivity index (χ1v) is 9.89. The van der Waals surface area contributed by atoms with Gasteiger partial charge in [-0.05, 0) is 24.6 Å². The van der Waals surface area contributed by atoms with E-state index < -0.39 is 0 Å². The molecule has 29 heavy (non-hydrogen) atoms. The summed E-state index contributed by atoms with van der Waals surface area (Å²) in [5.74, 6) is -0.147.